The van der Waals surface area contributed by atoms with Crippen molar-refractivity contribution in [2.75, 3.05) is 10.6 Å². The summed E-state index contributed by atoms with van der Waals surface area (Å²) in [7, 11) is 0. The van der Waals surface area contributed by atoms with Gasteiger partial charge in [-0.1, -0.05) is 29.8 Å². The predicted octanol–water partition coefficient (Wildman–Crippen LogP) is 3.54. The lowest BCUT2D eigenvalue weighted by molar-refractivity contribution is -0.116. The normalized spacial score (nSPS) is 11.9. The maximum Gasteiger partial charge on any atom is 0.246 e. The summed E-state index contributed by atoms with van der Waals surface area (Å²) in [6.07, 6.45) is 0. The minimum absolute atomic E-state index is 0.0160. The number of aryl methyl sites for hydroxylation is 3. The molecule has 23 heavy (non-hydrogen) atoms. The molecule has 0 saturated carbocycles. The van der Waals surface area contributed by atoms with Crippen molar-refractivity contribution in [3.05, 3.63) is 58.7 Å². The third-order valence-electron chi connectivity index (χ3n) is 3.81. The molecule has 122 valence electrons. The van der Waals surface area contributed by atoms with Crippen molar-refractivity contribution in [2.24, 2.45) is 0 Å². The van der Waals surface area contributed by atoms with Crippen LogP contribution in [0.1, 0.15) is 29.2 Å². The van der Waals surface area contributed by atoms with Gasteiger partial charge < -0.3 is 15.7 Å². The molecule has 0 spiro atoms. The highest BCUT2D eigenvalue weighted by atomic mass is 16.3. The molecule has 3 N–H and O–H groups in total. The second kappa shape index (κ2) is 7.29. The van der Waals surface area contributed by atoms with E-state index in [-0.39, 0.29) is 18.6 Å². The van der Waals surface area contributed by atoms with Gasteiger partial charge in [0, 0.05) is 11.4 Å². The van der Waals surface area contributed by atoms with E-state index in [0.29, 0.717) is 0 Å². The Balaban J connectivity index is 2.08. The quantitative estimate of drug-likeness (QED) is 0.791. The molecular formula is C19H24N2O2. The molecule has 2 rings (SSSR count). The molecule has 0 heterocycles. The first-order chi connectivity index (χ1) is 10.9. The first-order valence-corrected chi connectivity index (χ1v) is 7.75. The first kappa shape index (κ1) is 17.0. The van der Waals surface area contributed by atoms with Gasteiger partial charge >= 0.3 is 0 Å². The van der Waals surface area contributed by atoms with Gasteiger partial charge in [0.1, 0.15) is 6.04 Å². The van der Waals surface area contributed by atoms with E-state index in [2.05, 4.69) is 22.8 Å². The van der Waals surface area contributed by atoms with Crippen LogP contribution in [0, 0.1) is 20.8 Å². The van der Waals surface area contributed by atoms with Crippen LogP contribution in [0.3, 0.4) is 0 Å². The topological polar surface area (TPSA) is 61.4 Å². The van der Waals surface area contributed by atoms with Crippen molar-refractivity contribution < 1.29 is 9.90 Å². The molecule has 1 atom stereocenters. The highest BCUT2D eigenvalue weighted by molar-refractivity contribution is 5.97. The molecular weight excluding hydrogens is 288 g/mol. The smallest absolute Gasteiger partial charge is 0.246 e. The van der Waals surface area contributed by atoms with Crippen LogP contribution in [0.2, 0.25) is 0 Å². The van der Waals surface area contributed by atoms with E-state index in [9.17, 15) is 9.90 Å². The largest absolute Gasteiger partial charge is 0.392 e. The van der Waals surface area contributed by atoms with Gasteiger partial charge in [-0.3, -0.25) is 4.79 Å². The molecule has 0 fully saturated rings. The Kier molecular flexibility index (Phi) is 5.40. The third-order valence-corrected chi connectivity index (χ3v) is 3.81. The summed E-state index contributed by atoms with van der Waals surface area (Å²) in [5, 5.41) is 15.3. The standard InChI is InChI=1S/C19H24N2O2/c1-12-8-13(2)18(14(3)9-12)21-19(23)15(4)20-17-7-5-6-16(10-17)11-22/h5-10,15,20,22H,11H2,1-4H3,(H,21,23)/t15-/m1/s1. The van der Waals surface area contributed by atoms with Crippen LogP contribution in [0.4, 0.5) is 11.4 Å². The number of benzene rings is 2. The van der Waals surface area contributed by atoms with Crippen molar-refractivity contribution >= 4 is 17.3 Å². The number of hydrogen-bond donors (Lipinski definition) is 3. The molecule has 2 aromatic carbocycles. The van der Waals surface area contributed by atoms with Crippen LogP contribution in [0.15, 0.2) is 36.4 Å². The average Bonchev–Trinajstić information content (AvgIpc) is 2.50. The van der Waals surface area contributed by atoms with Crippen LogP contribution in [-0.2, 0) is 11.4 Å². The van der Waals surface area contributed by atoms with Gasteiger partial charge in [-0.05, 0) is 56.5 Å². The number of aliphatic hydroxyl groups is 1. The fourth-order valence-electron chi connectivity index (χ4n) is 2.68. The lowest BCUT2D eigenvalue weighted by Crippen LogP contribution is -2.32. The van der Waals surface area contributed by atoms with Crippen molar-refractivity contribution in [1.82, 2.24) is 0 Å². The summed E-state index contributed by atoms with van der Waals surface area (Å²) < 4.78 is 0. The summed E-state index contributed by atoms with van der Waals surface area (Å²) in [4.78, 5) is 12.4. The maximum absolute atomic E-state index is 12.4. The number of carbonyl (C=O) groups is 1. The fourth-order valence-corrected chi connectivity index (χ4v) is 2.68. The molecule has 0 radical (unpaired) electrons. The Morgan fingerprint density at radius 2 is 1.78 bits per heavy atom. The van der Waals surface area contributed by atoms with Crippen LogP contribution in [-0.4, -0.2) is 17.1 Å². The summed E-state index contributed by atoms with van der Waals surface area (Å²) in [5.74, 6) is -0.0885. The SMILES string of the molecule is Cc1cc(C)c(NC(=O)[C@@H](C)Nc2cccc(CO)c2)c(C)c1. The van der Waals surface area contributed by atoms with E-state index < -0.39 is 0 Å². The van der Waals surface area contributed by atoms with Crippen LogP contribution in [0.5, 0.6) is 0 Å². The Morgan fingerprint density at radius 1 is 1.13 bits per heavy atom. The number of rotatable bonds is 5. The van der Waals surface area contributed by atoms with Gasteiger partial charge in [-0.25, -0.2) is 0 Å². The first-order valence-electron chi connectivity index (χ1n) is 7.75. The van der Waals surface area contributed by atoms with Gasteiger partial charge in [0.2, 0.25) is 5.91 Å². The monoisotopic (exact) mass is 312 g/mol. The fraction of sp³-hybridized carbons (Fsp3) is 0.316. The van der Waals surface area contributed by atoms with E-state index in [1.165, 1.54) is 5.56 Å². The van der Waals surface area contributed by atoms with Gasteiger partial charge in [0.25, 0.3) is 0 Å². The molecule has 0 aliphatic rings. The lowest BCUT2D eigenvalue weighted by atomic mass is 10.0. The van der Waals surface area contributed by atoms with Crippen LogP contribution in [0.25, 0.3) is 0 Å². The molecule has 0 unspecified atom stereocenters. The van der Waals surface area contributed by atoms with E-state index in [1.54, 1.807) is 0 Å². The summed E-state index contributed by atoms with van der Waals surface area (Å²) >= 11 is 0. The highest BCUT2D eigenvalue weighted by Crippen LogP contribution is 2.22. The molecule has 4 nitrogen and oxygen atoms in total. The lowest BCUT2D eigenvalue weighted by Gasteiger charge is -2.18. The summed E-state index contributed by atoms with van der Waals surface area (Å²) in [6, 6.07) is 11.2. The van der Waals surface area contributed by atoms with Crippen molar-refractivity contribution in [1.29, 1.82) is 0 Å². The number of carbonyl (C=O) groups excluding carboxylic acids is 1. The number of nitrogens with one attached hydrogen (secondary N) is 2. The van der Waals surface area contributed by atoms with Gasteiger partial charge in [0.05, 0.1) is 6.61 Å². The van der Waals surface area contributed by atoms with E-state index in [4.69, 9.17) is 0 Å². The third kappa shape index (κ3) is 4.33. The molecule has 0 saturated heterocycles. The number of anilines is 2. The molecule has 0 aliphatic heterocycles. The van der Waals surface area contributed by atoms with E-state index in [1.807, 2.05) is 52.0 Å². The Morgan fingerprint density at radius 3 is 2.39 bits per heavy atom. The van der Waals surface area contributed by atoms with Gasteiger partial charge in [0.15, 0.2) is 0 Å². The van der Waals surface area contributed by atoms with Crippen LogP contribution < -0.4 is 10.6 Å². The number of amides is 1. The maximum atomic E-state index is 12.4. The zero-order valence-electron chi connectivity index (χ0n) is 14.1. The highest BCUT2D eigenvalue weighted by Gasteiger charge is 2.15. The molecule has 0 aliphatic carbocycles. The molecule has 1 amide bonds. The minimum atomic E-state index is -0.385. The van der Waals surface area contributed by atoms with Gasteiger partial charge in [-0.2, -0.15) is 0 Å². The number of aliphatic hydroxyl groups excluding tert-OH is 1. The second-order valence-corrected chi connectivity index (χ2v) is 5.99. The minimum Gasteiger partial charge on any atom is -0.392 e. The molecule has 2 aromatic rings. The molecule has 4 heteroatoms. The van der Waals surface area contributed by atoms with Crippen molar-refractivity contribution in [3.8, 4) is 0 Å². The molecule has 0 bridgehead atoms. The molecule has 0 aromatic heterocycles. The van der Waals surface area contributed by atoms with E-state index >= 15 is 0 Å². The Bertz CT molecular complexity index is 687. The summed E-state index contributed by atoms with van der Waals surface area (Å²) in [6.45, 7) is 7.85. The second-order valence-electron chi connectivity index (χ2n) is 5.99. The zero-order chi connectivity index (χ0) is 17.0. The summed E-state index contributed by atoms with van der Waals surface area (Å²) in [5.41, 5.74) is 5.81. The Labute approximate surface area is 137 Å². The van der Waals surface area contributed by atoms with Crippen molar-refractivity contribution in [2.45, 2.75) is 40.3 Å². The number of hydrogen-bond acceptors (Lipinski definition) is 3. The average molecular weight is 312 g/mol. The van der Waals surface area contributed by atoms with Gasteiger partial charge in [-0.15, -0.1) is 0 Å². The zero-order valence-corrected chi connectivity index (χ0v) is 14.1. The predicted molar refractivity (Wildman–Crippen MR) is 94.7 cm³/mol. The van der Waals surface area contributed by atoms with E-state index in [0.717, 1.165) is 28.1 Å². The Hall–Kier alpha value is -2.33. The van der Waals surface area contributed by atoms with Crippen LogP contribution >= 0.6 is 0 Å². The van der Waals surface area contributed by atoms with Crippen molar-refractivity contribution in [3.63, 3.8) is 0 Å².